The number of nitrogens with zero attached hydrogens (tertiary/aromatic N) is 2. The number of hydrogen-bond acceptors (Lipinski definition) is 3. The standard InChI is InChI=1S/C11H10N2O/c1-9-2-4-10(5-3-9)11(14,8-13)6-7-12/h2-5,14H,6H2,1H3. The smallest absolute Gasteiger partial charge is 0.189 e. The van der Waals surface area contributed by atoms with E-state index in [2.05, 4.69) is 0 Å². The Balaban J connectivity index is 3.09. The van der Waals surface area contributed by atoms with Crippen molar-refractivity contribution >= 4 is 0 Å². The maximum atomic E-state index is 9.80. The molecule has 1 N–H and O–H groups in total. The molecule has 1 aromatic carbocycles. The molecule has 1 atom stereocenters. The third-order valence-corrected chi connectivity index (χ3v) is 2.05. The average Bonchev–Trinajstić information content (AvgIpc) is 2.19. The Hall–Kier alpha value is -1.84. The minimum atomic E-state index is -1.68. The molecule has 0 radical (unpaired) electrons. The van der Waals surface area contributed by atoms with Gasteiger partial charge in [0.1, 0.15) is 6.07 Å². The third kappa shape index (κ3) is 1.90. The summed E-state index contributed by atoms with van der Waals surface area (Å²) in [5.41, 5.74) is -0.166. The molecule has 0 spiro atoms. The van der Waals surface area contributed by atoms with Gasteiger partial charge in [-0.25, -0.2) is 0 Å². The molecule has 3 nitrogen and oxygen atoms in total. The van der Waals surface area contributed by atoms with Crippen LogP contribution in [0.4, 0.5) is 0 Å². The highest BCUT2D eigenvalue weighted by Gasteiger charge is 2.28. The van der Waals surface area contributed by atoms with Crippen molar-refractivity contribution in [2.24, 2.45) is 0 Å². The van der Waals surface area contributed by atoms with E-state index in [0.717, 1.165) is 5.56 Å². The lowest BCUT2D eigenvalue weighted by molar-refractivity contribution is 0.103. The molecule has 1 aromatic rings. The first-order valence-electron chi connectivity index (χ1n) is 4.20. The van der Waals surface area contributed by atoms with Crippen molar-refractivity contribution in [3.8, 4) is 12.1 Å². The summed E-state index contributed by atoms with van der Waals surface area (Å²) in [5, 5.41) is 27.1. The summed E-state index contributed by atoms with van der Waals surface area (Å²) in [7, 11) is 0. The SMILES string of the molecule is Cc1ccc(C(O)(C#N)CC#N)cc1. The lowest BCUT2D eigenvalue weighted by Crippen LogP contribution is -2.22. The van der Waals surface area contributed by atoms with Gasteiger partial charge in [-0.05, 0) is 12.5 Å². The highest BCUT2D eigenvalue weighted by atomic mass is 16.3. The van der Waals surface area contributed by atoms with Gasteiger partial charge in [-0.3, -0.25) is 0 Å². The van der Waals surface area contributed by atoms with Crippen molar-refractivity contribution in [1.29, 1.82) is 10.5 Å². The largest absolute Gasteiger partial charge is 0.371 e. The van der Waals surface area contributed by atoms with Crippen LogP contribution in [0.2, 0.25) is 0 Å². The second kappa shape index (κ2) is 3.91. The summed E-state index contributed by atoms with van der Waals surface area (Å²) in [6, 6.07) is 10.5. The van der Waals surface area contributed by atoms with Crippen LogP contribution in [0.3, 0.4) is 0 Å². The van der Waals surface area contributed by atoms with E-state index in [1.807, 2.05) is 6.92 Å². The van der Waals surface area contributed by atoms with Gasteiger partial charge >= 0.3 is 0 Å². The molecule has 0 aliphatic carbocycles. The van der Waals surface area contributed by atoms with E-state index < -0.39 is 5.60 Å². The molecule has 0 fully saturated rings. The molecule has 0 saturated heterocycles. The topological polar surface area (TPSA) is 67.8 Å². The van der Waals surface area contributed by atoms with E-state index in [1.54, 1.807) is 36.4 Å². The summed E-state index contributed by atoms with van der Waals surface area (Å²) in [5.74, 6) is 0. The fourth-order valence-corrected chi connectivity index (χ4v) is 1.15. The highest BCUT2D eigenvalue weighted by molar-refractivity contribution is 5.32. The van der Waals surface area contributed by atoms with Crippen molar-refractivity contribution < 1.29 is 5.11 Å². The van der Waals surface area contributed by atoms with Crippen LogP contribution in [0, 0.1) is 29.6 Å². The molecular formula is C11H10N2O. The second-order valence-electron chi connectivity index (χ2n) is 3.17. The first-order valence-corrected chi connectivity index (χ1v) is 4.20. The van der Waals surface area contributed by atoms with E-state index >= 15 is 0 Å². The van der Waals surface area contributed by atoms with Gasteiger partial charge < -0.3 is 5.11 Å². The zero-order valence-corrected chi connectivity index (χ0v) is 7.86. The predicted octanol–water partition coefficient (Wildman–Crippen LogP) is 1.62. The van der Waals surface area contributed by atoms with Gasteiger partial charge in [0.15, 0.2) is 5.60 Å². The quantitative estimate of drug-likeness (QED) is 0.713. The Bertz CT molecular complexity index is 397. The van der Waals surface area contributed by atoms with E-state index in [4.69, 9.17) is 10.5 Å². The van der Waals surface area contributed by atoms with Crippen molar-refractivity contribution in [1.82, 2.24) is 0 Å². The molecule has 0 bridgehead atoms. The van der Waals surface area contributed by atoms with Crippen molar-refractivity contribution in [2.75, 3.05) is 0 Å². The predicted molar refractivity (Wildman–Crippen MR) is 50.9 cm³/mol. The number of rotatable bonds is 2. The van der Waals surface area contributed by atoms with Crippen LogP contribution in [0.15, 0.2) is 24.3 Å². The number of aryl methyl sites for hydroxylation is 1. The molecule has 14 heavy (non-hydrogen) atoms. The van der Waals surface area contributed by atoms with E-state index in [1.165, 1.54) is 0 Å². The average molecular weight is 186 g/mol. The monoisotopic (exact) mass is 186 g/mol. The van der Waals surface area contributed by atoms with Gasteiger partial charge in [0.2, 0.25) is 0 Å². The van der Waals surface area contributed by atoms with Crippen LogP contribution in [0.5, 0.6) is 0 Å². The Morgan fingerprint density at radius 3 is 2.29 bits per heavy atom. The minimum absolute atomic E-state index is 0.216. The summed E-state index contributed by atoms with van der Waals surface area (Å²) in [6.07, 6.45) is -0.216. The zero-order chi connectivity index (χ0) is 10.6. The van der Waals surface area contributed by atoms with Gasteiger partial charge in [0.25, 0.3) is 0 Å². The maximum Gasteiger partial charge on any atom is 0.189 e. The number of benzene rings is 1. The Labute approximate surface area is 82.8 Å². The van der Waals surface area contributed by atoms with Gasteiger partial charge in [-0.15, -0.1) is 0 Å². The lowest BCUT2D eigenvalue weighted by Gasteiger charge is -2.16. The molecule has 0 aliphatic heterocycles. The lowest BCUT2D eigenvalue weighted by atomic mass is 9.92. The molecule has 3 heteroatoms. The van der Waals surface area contributed by atoms with E-state index in [0.29, 0.717) is 5.56 Å². The summed E-state index contributed by atoms with van der Waals surface area (Å²) < 4.78 is 0. The zero-order valence-electron chi connectivity index (χ0n) is 7.86. The fourth-order valence-electron chi connectivity index (χ4n) is 1.15. The first kappa shape index (κ1) is 10.2. The van der Waals surface area contributed by atoms with Gasteiger partial charge in [-0.2, -0.15) is 10.5 Å². The maximum absolute atomic E-state index is 9.80. The molecule has 0 heterocycles. The van der Waals surface area contributed by atoms with Gasteiger partial charge in [-0.1, -0.05) is 29.8 Å². The Morgan fingerprint density at radius 2 is 1.86 bits per heavy atom. The number of hydrogen-bond donors (Lipinski definition) is 1. The number of nitriles is 2. The van der Waals surface area contributed by atoms with Crippen LogP contribution in [0.25, 0.3) is 0 Å². The molecule has 0 aliphatic rings. The molecule has 1 unspecified atom stereocenters. The summed E-state index contributed by atoms with van der Waals surface area (Å²) in [4.78, 5) is 0. The van der Waals surface area contributed by atoms with Gasteiger partial charge in [0.05, 0.1) is 12.5 Å². The minimum Gasteiger partial charge on any atom is -0.371 e. The summed E-state index contributed by atoms with van der Waals surface area (Å²) in [6.45, 7) is 1.92. The fraction of sp³-hybridized carbons (Fsp3) is 0.273. The van der Waals surface area contributed by atoms with Crippen molar-refractivity contribution in [3.05, 3.63) is 35.4 Å². The number of aliphatic hydroxyl groups is 1. The Kier molecular flexibility index (Phi) is 2.86. The van der Waals surface area contributed by atoms with Crippen molar-refractivity contribution in [2.45, 2.75) is 18.9 Å². The van der Waals surface area contributed by atoms with Crippen LogP contribution < -0.4 is 0 Å². The second-order valence-corrected chi connectivity index (χ2v) is 3.17. The first-order chi connectivity index (χ1) is 6.62. The molecule has 0 amide bonds. The molecule has 0 aromatic heterocycles. The Morgan fingerprint density at radius 1 is 1.29 bits per heavy atom. The van der Waals surface area contributed by atoms with Crippen LogP contribution in [0.1, 0.15) is 17.5 Å². The van der Waals surface area contributed by atoms with E-state index in [-0.39, 0.29) is 6.42 Å². The van der Waals surface area contributed by atoms with E-state index in [9.17, 15) is 5.11 Å². The molecule has 1 rings (SSSR count). The molecule has 0 saturated carbocycles. The van der Waals surface area contributed by atoms with Crippen LogP contribution in [-0.4, -0.2) is 5.11 Å². The third-order valence-electron chi connectivity index (χ3n) is 2.05. The summed E-state index contributed by atoms with van der Waals surface area (Å²) >= 11 is 0. The molecule has 70 valence electrons. The van der Waals surface area contributed by atoms with Crippen molar-refractivity contribution in [3.63, 3.8) is 0 Å². The molecular weight excluding hydrogens is 176 g/mol. The highest BCUT2D eigenvalue weighted by Crippen LogP contribution is 2.23. The van der Waals surface area contributed by atoms with Crippen LogP contribution >= 0.6 is 0 Å². The van der Waals surface area contributed by atoms with Gasteiger partial charge in [0, 0.05) is 0 Å². The normalized spacial score (nSPS) is 13.7. The van der Waals surface area contributed by atoms with Crippen LogP contribution in [-0.2, 0) is 5.60 Å².